The zero-order chi connectivity index (χ0) is 17.9. The Hall–Kier alpha value is -2.11. The summed E-state index contributed by atoms with van der Waals surface area (Å²) in [4.78, 5) is 0. The lowest BCUT2D eigenvalue weighted by Crippen LogP contribution is -2.35. The van der Waals surface area contributed by atoms with E-state index in [2.05, 4.69) is 35.1 Å². The van der Waals surface area contributed by atoms with Crippen LogP contribution >= 0.6 is 0 Å². The Morgan fingerprint density at radius 1 is 1.08 bits per heavy atom. The lowest BCUT2D eigenvalue weighted by Gasteiger charge is -2.17. The molecule has 0 amide bonds. The van der Waals surface area contributed by atoms with E-state index in [1.165, 1.54) is 0 Å². The number of hydrogen-bond donors (Lipinski definition) is 2. The normalized spacial score (nSPS) is 17.5. The zero-order valence-corrected chi connectivity index (χ0v) is 15.2. The van der Waals surface area contributed by atoms with Gasteiger partial charge in [0.2, 0.25) is 10.0 Å². The first-order chi connectivity index (χ1) is 12.0. The molecule has 0 heterocycles. The Bertz CT molecular complexity index is 871. The second kappa shape index (κ2) is 7.42. The highest BCUT2D eigenvalue weighted by Crippen LogP contribution is 2.31. The number of nitrogen functional groups attached to an aromatic ring is 1. The summed E-state index contributed by atoms with van der Waals surface area (Å²) in [6.45, 7) is 1.87. The molecule has 0 fully saturated rings. The van der Waals surface area contributed by atoms with Gasteiger partial charge >= 0.3 is 0 Å². The van der Waals surface area contributed by atoms with Crippen LogP contribution in [0.25, 0.3) is 16.7 Å². The van der Waals surface area contributed by atoms with Crippen molar-refractivity contribution in [1.29, 1.82) is 0 Å². The predicted octanol–water partition coefficient (Wildman–Crippen LogP) is 3.81. The van der Waals surface area contributed by atoms with Crippen molar-refractivity contribution in [2.24, 2.45) is 0 Å². The molecule has 1 aliphatic rings. The summed E-state index contributed by atoms with van der Waals surface area (Å²) in [7, 11) is -3.22. The van der Waals surface area contributed by atoms with Crippen molar-refractivity contribution in [2.45, 2.75) is 32.2 Å². The van der Waals surface area contributed by atoms with Crippen molar-refractivity contribution in [1.82, 2.24) is 4.72 Å². The Labute approximate surface area is 149 Å². The predicted molar refractivity (Wildman–Crippen MR) is 105 cm³/mol. The topological polar surface area (TPSA) is 72.2 Å². The van der Waals surface area contributed by atoms with Crippen LogP contribution in [0.3, 0.4) is 0 Å². The second-order valence-corrected chi connectivity index (χ2v) is 8.30. The maximum atomic E-state index is 12.1. The molecule has 0 saturated carbocycles. The van der Waals surface area contributed by atoms with E-state index in [4.69, 9.17) is 5.73 Å². The smallest absolute Gasteiger partial charge is 0.212 e. The monoisotopic (exact) mass is 356 g/mol. The molecular weight excluding hydrogens is 332 g/mol. The molecule has 4 nitrogen and oxygen atoms in total. The van der Waals surface area contributed by atoms with Crippen molar-refractivity contribution in [2.75, 3.05) is 11.5 Å². The van der Waals surface area contributed by atoms with E-state index in [9.17, 15) is 8.42 Å². The molecule has 3 N–H and O–H groups in total. The molecule has 2 aromatic rings. The van der Waals surface area contributed by atoms with Gasteiger partial charge in [0.25, 0.3) is 0 Å². The fourth-order valence-electron chi connectivity index (χ4n) is 3.26. The van der Waals surface area contributed by atoms with E-state index in [0.29, 0.717) is 6.42 Å². The van der Waals surface area contributed by atoms with Gasteiger partial charge < -0.3 is 5.73 Å². The third kappa shape index (κ3) is 4.30. The standard InChI is InChI=1S/C20H24N2O2S/c1-2-13-25(23,24)22-20-8-4-7-19(20)16-11-9-15(10-12-16)17-5-3-6-18(21)14-17/h3,5-7,9-12,14,20,22H,2,4,8,13,21H2,1H3. The average Bonchev–Trinajstić information content (AvgIpc) is 3.02. The van der Waals surface area contributed by atoms with Crippen LogP contribution in [0.5, 0.6) is 0 Å². The molecule has 25 heavy (non-hydrogen) atoms. The zero-order valence-electron chi connectivity index (χ0n) is 14.4. The molecule has 0 saturated heterocycles. The summed E-state index contributed by atoms with van der Waals surface area (Å²) in [6, 6.07) is 15.9. The maximum Gasteiger partial charge on any atom is 0.212 e. The van der Waals surface area contributed by atoms with Gasteiger partial charge in [-0.25, -0.2) is 13.1 Å². The Morgan fingerprint density at radius 2 is 1.80 bits per heavy atom. The van der Waals surface area contributed by atoms with Gasteiger partial charge in [0.05, 0.1) is 5.75 Å². The Morgan fingerprint density at radius 3 is 2.48 bits per heavy atom. The molecule has 2 aromatic carbocycles. The van der Waals surface area contributed by atoms with Crippen LogP contribution in [0.2, 0.25) is 0 Å². The Balaban J connectivity index is 1.79. The minimum Gasteiger partial charge on any atom is -0.399 e. The van der Waals surface area contributed by atoms with Crippen molar-refractivity contribution in [3.63, 3.8) is 0 Å². The first-order valence-corrected chi connectivity index (χ1v) is 10.3. The number of nitrogens with one attached hydrogen (secondary N) is 1. The van der Waals surface area contributed by atoms with E-state index < -0.39 is 10.0 Å². The van der Waals surface area contributed by atoms with Gasteiger partial charge in [0.1, 0.15) is 0 Å². The molecule has 5 heteroatoms. The maximum absolute atomic E-state index is 12.1. The lowest BCUT2D eigenvalue weighted by molar-refractivity contribution is 0.569. The van der Waals surface area contributed by atoms with E-state index in [1.807, 2.05) is 31.2 Å². The third-order valence-corrected chi connectivity index (χ3v) is 6.02. The highest BCUT2D eigenvalue weighted by atomic mass is 32.2. The molecule has 1 aliphatic carbocycles. The lowest BCUT2D eigenvalue weighted by atomic mass is 9.98. The number of rotatable bonds is 6. The number of hydrogen-bond acceptors (Lipinski definition) is 3. The first-order valence-electron chi connectivity index (χ1n) is 8.65. The summed E-state index contributed by atoms with van der Waals surface area (Å²) in [5.41, 5.74) is 10.9. The van der Waals surface area contributed by atoms with E-state index in [1.54, 1.807) is 0 Å². The molecule has 1 unspecified atom stereocenters. The van der Waals surface area contributed by atoms with Crippen LogP contribution < -0.4 is 10.5 Å². The quantitative estimate of drug-likeness (QED) is 0.773. The van der Waals surface area contributed by atoms with E-state index in [-0.39, 0.29) is 11.8 Å². The van der Waals surface area contributed by atoms with Crippen LogP contribution in [-0.2, 0) is 10.0 Å². The molecule has 0 bridgehead atoms. The average molecular weight is 356 g/mol. The summed E-state index contributed by atoms with van der Waals surface area (Å²) >= 11 is 0. The van der Waals surface area contributed by atoms with Crippen molar-refractivity contribution in [3.05, 3.63) is 60.2 Å². The van der Waals surface area contributed by atoms with Gasteiger partial charge in [-0.15, -0.1) is 0 Å². The fourth-order valence-corrected chi connectivity index (χ4v) is 4.60. The molecule has 0 aliphatic heterocycles. The van der Waals surface area contributed by atoms with Gasteiger partial charge in [0, 0.05) is 11.7 Å². The summed E-state index contributed by atoms with van der Waals surface area (Å²) in [5, 5.41) is 0. The molecule has 0 spiro atoms. The highest BCUT2D eigenvalue weighted by molar-refractivity contribution is 7.89. The highest BCUT2D eigenvalue weighted by Gasteiger charge is 2.24. The van der Waals surface area contributed by atoms with Crippen molar-refractivity contribution >= 4 is 21.3 Å². The van der Waals surface area contributed by atoms with Crippen LogP contribution in [0.4, 0.5) is 5.69 Å². The number of benzene rings is 2. The third-order valence-electron chi connectivity index (χ3n) is 4.43. The van der Waals surface area contributed by atoms with Gasteiger partial charge in [-0.1, -0.05) is 49.4 Å². The number of anilines is 1. The molecule has 132 valence electrons. The summed E-state index contributed by atoms with van der Waals surface area (Å²) in [5.74, 6) is 0.172. The largest absolute Gasteiger partial charge is 0.399 e. The van der Waals surface area contributed by atoms with E-state index in [0.717, 1.165) is 40.8 Å². The summed E-state index contributed by atoms with van der Waals surface area (Å²) < 4.78 is 27.0. The molecular formula is C20H24N2O2S. The molecule has 0 radical (unpaired) electrons. The van der Waals surface area contributed by atoms with Gasteiger partial charge in [-0.05, 0) is 53.7 Å². The molecule has 1 atom stereocenters. The SMILES string of the molecule is CCCS(=O)(=O)NC1CCC=C1c1ccc(-c2cccc(N)c2)cc1. The van der Waals surface area contributed by atoms with Crippen LogP contribution in [-0.4, -0.2) is 20.2 Å². The van der Waals surface area contributed by atoms with Gasteiger partial charge in [-0.2, -0.15) is 0 Å². The van der Waals surface area contributed by atoms with Crippen molar-refractivity contribution < 1.29 is 8.42 Å². The minimum absolute atomic E-state index is 0.130. The number of nitrogens with two attached hydrogens (primary N) is 1. The Kier molecular flexibility index (Phi) is 5.25. The number of allylic oxidation sites excluding steroid dienone is 1. The molecule has 3 rings (SSSR count). The fraction of sp³-hybridized carbons (Fsp3) is 0.300. The van der Waals surface area contributed by atoms with Crippen LogP contribution in [0, 0.1) is 0 Å². The first kappa shape index (κ1) is 17.7. The second-order valence-electron chi connectivity index (χ2n) is 6.43. The van der Waals surface area contributed by atoms with Crippen molar-refractivity contribution in [3.8, 4) is 11.1 Å². The molecule has 0 aromatic heterocycles. The van der Waals surface area contributed by atoms with Gasteiger partial charge in [0.15, 0.2) is 0 Å². The number of sulfonamides is 1. The van der Waals surface area contributed by atoms with E-state index >= 15 is 0 Å². The summed E-state index contributed by atoms with van der Waals surface area (Å²) in [6.07, 6.45) is 4.46. The van der Waals surface area contributed by atoms with Gasteiger partial charge in [-0.3, -0.25) is 0 Å². The van der Waals surface area contributed by atoms with Crippen LogP contribution in [0.1, 0.15) is 31.7 Å². The minimum atomic E-state index is -3.22. The van der Waals surface area contributed by atoms with Crippen LogP contribution in [0.15, 0.2) is 54.6 Å².